The molecule has 0 aromatic carbocycles. The van der Waals surface area contributed by atoms with Gasteiger partial charge in [-0.3, -0.25) is 0 Å². The topological polar surface area (TPSA) is 43.6 Å². The van der Waals surface area contributed by atoms with Gasteiger partial charge in [-0.15, -0.1) is 0 Å². The Morgan fingerprint density at radius 2 is 2.10 bits per heavy atom. The van der Waals surface area contributed by atoms with Crippen molar-refractivity contribution in [2.45, 2.75) is 40.0 Å². The summed E-state index contributed by atoms with van der Waals surface area (Å²) < 4.78 is 7.88. The molecule has 0 unspecified atom stereocenters. The molecule has 5 heteroatoms. The van der Waals surface area contributed by atoms with Crippen LogP contribution >= 0.6 is 15.9 Å². The van der Waals surface area contributed by atoms with Gasteiger partial charge in [-0.2, -0.15) is 5.10 Å². The fourth-order valence-electron chi connectivity index (χ4n) is 2.36. The maximum Gasteiger partial charge on any atom is 0.340 e. The quantitative estimate of drug-likeness (QED) is 0.780. The second kappa shape index (κ2) is 5.20. The number of halogens is 1. The number of hydrogen-bond acceptors (Lipinski definition) is 3. The Bertz CT molecular complexity index is 669. The number of hydrogen-bond donors (Lipinski definition) is 0. The Morgan fingerprint density at radius 3 is 2.65 bits per heavy atom. The number of rotatable bonds is 2. The van der Waals surface area contributed by atoms with Gasteiger partial charge in [0, 0.05) is 0 Å². The summed E-state index contributed by atoms with van der Waals surface area (Å²) >= 11 is 3.53. The van der Waals surface area contributed by atoms with E-state index in [9.17, 15) is 4.79 Å². The van der Waals surface area contributed by atoms with Crippen LogP contribution < -0.4 is 0 Å². The van der Waals surface area contributed by atoms with Crippen molar-refractivity contribution in [2.75, 3.05) is 6.61 Å². The van der Waals surface area contributed by atoms with Gasteiger partial charge in [0.25, 0.3) is 0 Å². The van der Waals surface area contributed by atoms with Gasteiger partial charge in [0.15, 0.2) is 0 Å². The molecule has 0 bridgehead atoms. The fourth-order valence-corrected chi connectivity index (χ4v) is 2.76. The molecule has 0 spiro atoms. The van der Waals surface area contributed by atoms with Crippen LogP contribution in [-0.4, -0.2) is 22.2 Å². The molecule has 0 fully saturated rings. The lowest BCUT2D eigenvalue weighted by Gasteiger charge is -2.23. The van der Waals surface area contributed by atoms with Crippen LogP contribution in [0.4, 0.5) is 0 Å². The van der Waals surface area contributed by atoms with Crippen LogP contribution in [0, 0.1) is 6.92 Å². The smallest absolute Gasteiger partial charge is 0.340 e. The lowest BCUT2D eigenvalue weighted by atomic mass is 9.84. The van der Waals surface area contributed by atoms with Gasteiger partial charge < -0.3 is 4.74 Å². The van der Waals surface area contributed by atoms with E-state index in [4.69, 9.17) is 4.74 Å². The predicted octanol–water partition coefficient (Wildman–Crippen LogP) is 3.88. The Balaban J connectivity index is 2.80. The molecule has 0 N–H and O–H groups in total. The highest BCUT2D eigenvalue weighted by Crippen LogP contribution is 2.33. The van der Waals surface area contributed by atoms with Gasteiger partial charge >= 0.3 is 5.97 Å². The van der Waals surface area contributed by atoms with Crippen molar-refractivity contribution in [3.63, 3.8) is 0 Å². The highest BCUT2D eigenvalue weighted by Gasteiger charge is 2.27. The summed E-state index contributed by atoms with van der Waals surface area (Å²) in [5, 5.41) is 4.35. The summed E-state index contributed by atoms with van der Waals surface area (Å²) in [7, 11) is 0. The number of carbonyl (C=O) groups excluding carboxylic acids is 1. The largest absolute Gasteiger partial charge is 0.462 e. The number of aryl methyl sites for hydroxylation is 1. The molecule has 2 rings (SSSR count). The fraction of sp³-hybridized carbons (Fsp3) is 0.467. The molecule has 0 amide bonds. The molecule has 2 aromatic heterocycles. The van der Waals surface area contributed by atoms with E-state index in [0.29, 0.717) is 12.2 Å². The van der Waals surface area contributed by atoms with E-state index in [1.54, 1.807) is 13.1 Å². The summed E-state index contributed by atoms with van der Waals surface area (Å²) in [5.74, 6) is -0.317. The maximum atomic E-state index is 12.2. The van der Waals surface area contributed by atoms with Gasteiger partial charge in [-0.1, -0.05) is 20.8 Å². The third kappa shape index (κ3) is 2.46. The molecule has 2 aromatic rings. The van der Waals surface area contributed by atoms with Crippen molar-refractivity contribution in [3.8, 4) is 0 Å². The molecule has 0 aliphatic carbocycles. The molecule has 108 valence electrons. The van der Waals surface area contributed by atoms with Gasteiger partial charge in [0.1, 0.15) is 4.60 Å². The van der Waals surface area contributed by atoms with E-state index in [-0.39, 0.29) is 11.4 Å². The Labute approximate surface area is 127 Å². The van der Waals surface area contributed by atoms with Crippen LogP contribution in [0.1, 0.15) is 49.2 Å². The van der Waals surface area contributed by atoms with Gasteiger partial charge in [0.05, 0.1) is 23.9 Å². The number of esters is 1. The minimum atomic E-state index is -0.317. The summed E-state index contributed by atoms with van der Waals surface area (Å²) in [6.45, 7) is 10.4. The van der Waals surface area contributed by atoms with E-state index < -0.39 is 0 Å². The van der Waals surface area contributed by atoms with Gasteiger partial charge in [-0.25, -0.2) is 9.31 Å². The number of aromatic nitrogens is 2. The lowest BCUT2D eigenvalue weighted by molar-refractivity contribution is 0.0523. The molecule has 0 saturated carbocycles. The highest BCUT2D eigenvalue weighted by molar-refractivity contribution is 9.10. The minimum absolute atomic E-state index is 0.184. The summed E-state index contributed by atoms with van der Waals surface area (Å²) in [4.78, 5) is 12.2. The van der Waals surface area contributed by atoms with Gasteiger partial charge in [-0.05, 0) is 52.4 Å². The van der Waals surface area contributed by atoms with Gasteiger partial charge in [0.2, 0.25) is 0 Å². The van der Waals surface area contributed by atoms with Crippen LogP contribution in [0.15, 0.2) is 16.9 Å². The first-order valence-electron chi connectivity index (χ1n) is 6.61. The van der Waals surface area contributed by atoms with Crippen LogP contribution in [0.25, 0.3) is 5.52 Å². The first-order chi connectivity index (χ1) is 9.27. The second-order valence-electron chi connectivity index (χ2n) is 5.82. The van der Waals surface area contributed by atoms with E-state index in [2.05, 4.69) is 41.8 Å². The molecule has 20 heavy (non-hydrogen) atoms. The van der Waals surface area contributed by atoms with E-state index in [0.717, 1.165) is 21.2 Å². The zero-order valence-electron chi connectivity index (χ0n) is 12.5. The molecule has 0 aliphatic heterocycles. The van der Waals surface area contributed by atoms with Crippen LogP contribution in [0.3, 0.4) is 0 Å². The lowest BCUT2D eigenvalue weighted by Crippen LogP contribution is -2.20. The minimum Gasteiger partial charge on any atom is -0.462 e. The second-order valence-corrected chi connectivity index (χ2v) is 6.57. The third-order valence-corrected chi connectivity index (χ3v) is 4.13. The Morgan fingerprint density at radius 1 is 1.45 bits per heavy atom. The summed E-state index contributed by atoms with van der Waals surface area (Å²) in [6, 6.07) is 2.04. The average molecular weight is 339 g/mol. The van der Waals surface area contributed by atoms with Crippen molar-refractivity contribution in [2.24, 2.45) is 0 Å². The van der Waals surface area contributed by atoms with Crippen LogP contribution in [-0.2, 0) is 10.2 Å². The number of fused-ring (bicyclic) bond motifs is 1. The molecule has 0 radical (unpaired) electrons. The van der Waals surface area contributed by atoms with E-state index in [1.807, 2.05) is 17.5 Å². The first-order valence-corrected chi connectivity index (χ1v) is 7.41. The molecule has 4 nitrogen and oxygen atoms in total. The SMILES string of the molecule is CCOC(=O)c1cnn2c(Br)c(C)cc2c1C(C)(C)C. The number of carbonyl (C=O) groups is 1. The van der Waals surface area contributed by atoms with E-state index in [1.165, 1.54) is 0 Å². The monoisotopic (exact) mass is 338 g/mol. The Kier molecular flexibility index (Phi) is 3.91. The normalized spacial score (nSPS) is 11.9. The van der Waals surface area contributed by atoms with E-state index >= 15 is 0 Å². The first kappa shape index (κ1) is 15.0. The molecular weight excluding hydrogens is 320 g/mol. The van der Waals surface area contributed by atoms with Crippen molar-refractivity contribution in [1.29, 1.82) is 0 Å². The number of ether oxygens (including phenoxy) is 1. The Hall–Kier alpha value is -1.36. The van der Waals surface area contributed by atoms with Crippen LogP contribution in [0.2, 0.25) is 0 Å². The molecule has 0 atom stereocenters. The van der Waals surface area contributed by atoms with Crippen molar-refractivity contribution in [1.82, 2.24) is 9.61 Å². The molecule has 0 saturated heterocycles. The maximum absolute atomic E-state index is 12.2. The molecule has 2 heterocycles. The molecule has 0 aliphatic rings. The zero-order chi connectivity index (χ0) is 15.1. The van der Waals surface area contributed by atoms with Crippen molar-refractivity contribution in [3.05, 3.63) is 33.6 Å². The molecular formula is C15H19BrN2O2. The summed E-state index contributed by atoms with van der Waals surface area (Å²) in [6.07, 6.45) is 1.59. The zero-order valence-corrected chi connectivity index (χ0v) is 14.0. The standard InChI is InChI=1S/C15H19BrN2O2/c1-6-20-14(19)10-8-17-18-11(7-9(2)13(18)16)12(10)15(3,4)5/h7-8H,6H2,1-5H3. The summed E-state index contributed by atoms with van der Waals surface area (Å²) in [5.41, 5.74) is 3.34. The van der Waals surface area contributed by atoms with Crippen molar-refractivity contribution >= 4 is 27.4 Å². The highest BCUT2D eigenvalue weighted by atomic mass is 79.9. The predicted molar refractivity (Wildman–Crippen MR) is 82.3 cm³/mol. The third-order valence-electron chi connectivity index (χ3n) is 3.17. The van der Waals surface area contributed by atoms with Crippen LogP contribution in [0.5, 0.6) is 0 Å². The number of nitrogens with zero attached hydrogens (tertiary/aromatic N) is 2. The average Bonchev–Trinajstić information content (AvgIpc) is 2.63. The van der Waals surface area contributed by atoms with Crippen molar-refractivity contribution < 1.29 is 9.53 Å².